The lowest BCUT2D eigenvalue weighted by Crippen LogP contribution is -2.38. The van der Waals surface area contributed by atoms with E-state index in [0.717, 1.165) is 22.1 Å². The van der Waals surface area contributed by atoms with Crippen molar-refractivity contribution in [2.24, 2.45) is 0 Å². The van der Waals surface area contributed by atoms with Crippen LogP contribution in [0.15, 0.2) is 66.7 Å². The predicted octanol–water partition coefficient (Wildman–Crippen LogP) is 4.79. The summed E-state index contributed by atoms with van der Waals surface area (Å²) in [5.41, 5.74) is 0.0803. The van der Waals surface area contributed by atoms with E-state index in [2.05, 4.69) is 6.07 Å². The van der Waals surface area contributed by atoms with Gasteiger partial charge in [-0.15, -0.1) is 0 Å². The molecule has 146 valence electrons. The SMILES string of the molecule is COc1ccc2cc(C(CC#N)(OC(=O)O)C3OC3c3ccccc3)ccc2c1. The number of hydrogen-bond donors (Lipinski definition) is 1. The zero-order valence-corrected chi connectivity index (χ0v) is 15.7. The zero-order valence-electron chi connectivity index (χ0n) is 15.7. The van der Waals surface area contributed by atoms with Crippen LogP contribution in [0.25, 0.3) is 10.8 Å². The molecule has 0 aromatic heterocycles. The fourth-order valence-electron chi connectivity index (χ4n) is 3.77. The van der Waals surface area contributed by atoms with Crippen molar-refractivity contribution in [3.8, 4) is 11.8 Å². The van der Waals surface area contributed by atoms with Crippen molar-refractivity contribution in [3.63, 3.8) is 0 Å². The maximum Gasteiger partial charge on any atom is 0.506 e. The number of nitriles is 1. The third kappa shape index (κ3) is 3.48. The van der Waals surface area contributed by atoms with Gasteiger partial charge in [-0.05, 0) is 34.5 Å². The second kappa shape index (κ2) is 7.46. The quantitative estimate of drug-likeness (QED) is 0.481. The highest BCUT2D eigenvalue weighted by Gasteiger charge is 2.59. The van der Waals surface area contributed by atoms with Crippen LogP contribution in [-0.4, -0.2) is 24.5 Å². The molecule has 1 aliphatic rings. The van der Waals surface area contributed by atoms with E-state index in [-0.39, 0.29) is 12.5 Å². The highest BCUT2D eigenvalue weighted by atomic mass is 16.7. The fraction of sp³-hybridized carbons (Fsp3) is 0.217. The van der Waals surface area contributed by atoms with Crippen LogP contribution in [0, 0.1) is 11.3 Å². The van der Waals surface area contributed by atoms with Crippen molar-refractivity contribution in [2.45, 2.75) is 24.2 Å². The first-order valence-electron chi connectivity index (χ1n) is 9.15. The molecule has 4 rings (SSSR count). The van der Waals surface area contributed by atoms with E-state index in [1.54, 1.807) is 13.2 Å². The van der Waals surface area contributed by atoms with Crippen LogP contribution in [0.3, 0.4) is 0 Å². The molecule has 3 aromatic rings. The van der Waals surface area contributed by atoms with Crippen molar-refractivity contribution < 1.29 is 24.1 Å². The van der Waals surface area contributed by atoms with E-state index in [0.29, 0.717) is 5.56 Å². The van der Waals surface area contributed by atoms with Gasteiger partial charge in [0.2, 0.25) is 0 Å². The smallest absolute Gasteiger partial charge is 0.497 e. The summed E-state index contributed by atoms with van der Waals surface area (Å²) in [5, 5.41) is 20.8. The van der Waals surface area contributed by atoms with Crippen molar-refractivity contribution in [1.29, 1.82) is 5.26 Å². The Morgan fingerprint density at radius 1 is 1.14 bits per heavy atom. The Morgan fingerprint density at radius 3 is 2.55 bits per heavy atom. The normalized spacial score (nSPS) is 19.7. The fourth-order valence-corrected chi connectivity index (χ4v) is 3.77. The minimum absolute atomic E-state index is 0.158. The number of rotatable bonds is 6. The summed E-state index contributed by atoms with van der Waals surface area (Å²) >= 11 is 0. The Hall–Kier alpha value is -3.56. The number of ether oxygens (including phenoxy) is 3. The van der Waals surface area contributed by atoms with Gasteiger partial charge in [0.15, 0.2) is 5.60 Å². The van der Waals surface area contributed by atoms with Crippen LogP contribution in [-0.2, 0) is 15.1 Å². The summed E-state index contributed by atoms with van der Waals surface area (Å²) in [6, 6.07) is 22.7. The molecule has 3 atom stereocenters. The lowest BCUT2D eigenvalue weighted by Gasteiger charge is -2.29. The van der Waals surface area contributed by atoms with Gasteiger partial charge in [0.05, 0.1) is 19.6 Å². The molecule has 0 amide bonds. The first-order valence-corrected chi connectivity index (χ1v) is 9.15. The molecule has 6 nitrogen and oxygen atoms in total. The van der Waals surface area contributed by atoms with E-state index < -0.39 is 17.9 Å². The molecule has 1 N–H and O–H groups in total. The van der Waals surface area contributed by atoms with Gasteiger partial charge in [-0.2, -0.15) is 5.26 Å². The van der Waals surface area contributed by atoms with Crippen LogP contribution < -0.4 is 4.74 Å². The molecule has 3 unspecified atom stereocenters. The third-order valence-corrected chi connectivity index (χ3v) is 5.23. The summed E-state index contributed by atoms with van der Waals surface area (Å²) < 4.78 is 16.5. The van der Waals surface area contributed by atoms with E-state index >= 15 is 0 Å². The second-order valence-corrected chi connectivity index (χ2v) is 6.91. The molecule has 1 heterocycles. The number of carboxylic acid groups (broad SMARTS) is 1. The van der Waals surface area contributed by atoms with Gasteiger partial charge < -0.3 is 19.3 Å². The molecule has 3 aromatic carbocycles. The van der Waals surface area contributed by atoms with Crippen LogP contribution >= 0.6 is 0 Å². The van der Waals surface area contributed by atoms with Gasteiger partial charge in [0, 0.05) is 5.56 Å². The number of fused-ring (bicyclic) bond motifs is 1. The van der Waals surface area contributed by atoms with Gasteiger partial charge in [-0.1, -0.05) is 48.5 Å². The van der Waals surface area contributed by atoms with E-state index in [9.17, 15) is 15.2 Å². The van der Waals surface area contributed by atoms with E-state index in [1.165, 1.54) is 0 Å². The predicted molar refractivity (Wildman–Crippen MR) is 106 cm³/mol. The van der Waals surface area contributed by atoms with Gasteiger partial charge in [-0.3, -0.25) is 0 Å². The average molecular weight is 389 g/mol. The first kappa shape index (κ1) is 18.8. The molecule has 0 radical (unpaired) electrons. The Bertz CT molecular complexity index is 1090. The molecular weight excluding hydrogens is 370 g/mol. The van der Waals surface area contributed by atoms with Crippen molar-refractivity contribution >= 4 is 16.9 Å². The Balaban J connectivity index is 1.79. The molecule has 1 saturated heterocycles. The summed E-state index contributed by atoms with van der Waals surface area (Å²) in [5.74, 6) is 0.727. The minimum atomic E-state index is -1.45. The molecule has 6 heteroatoms. The highest BCUT2D eigenvalue weighted by molar-refractivity contribution is 5.85. The number of carbonyl (C=O) groups is 1. The number of epoxide rings is 1. The van der Waals surface area contributed by atoms with Gasteiger partial charge >= 0.3 is 6.16 Å². The molecule has 1 fully saturated rings. The lowest BCUT2D eigenvalue weighted by atomic mass is 9.83. The van der Waals surface area contributed by atoms with Gasteiger partial charge in [0.25, 0.3) is 0 Å². The third-order valence-electron chi connectivity index (χ3n) is 5.23. The van der Waals surface area contributed by atoms with Crippen molar-refractivity contribution in [1.82, 2.24) is 0 Å². The molecule has 1 aliphatic heterocycles. The number of methoxy groups -OCH3 is 1. The molecule has 29 heavy (non-hydrogen) atoms. The molecular formula is C23H19NO5. The molecule has 0 spiro atoms. The number of nitrogens with zero attached hydrogens (tertiary/aromatic N) is 1. The molecule has 0 bridgehead atoms. The van der Waals surface area contributed by atoms with Crippen LogP contribution in [0.2, 0.25) is 0 Å². The average Bonchev–Trinajstić information content (AvgIpc) is 3.54. The topological polar surface area (TPSA) is 92.1 Å². The summed E-state index contributed by atoms with van der Waals surface area (Å²) in [6.45, 7) is 0. The van der Waals surface area contributed by atoms with Crippen LogP contribution in [0.1, 0.15) is 23.7 Å². The monoisotopic (exact) mass is 389 g/mol. The largest absolute Gasteiger partial charge is 0.506 e. The van der Waals surface area contributed by atoms with Crippen molar-refractivity contribution in [2.75, 3.05) is 7.11 Å². The highest BCUT2D eigenvalue weighted by Crippen LogP contribution is 2.52. The van der Waals surface area contributed by atoms with E-state index in [4.69, 9.17) is 14.2 Å². The summed E-state index contributed by atoms with van der Waals surface area (Å²) in [4.78, 5) is 11.6. The maximum absolute atomic E-state index is 11.6. The lowest BCUT2D eigenvalue weighted by molar-refractivity contribution is -0.0377. The maximum atomic E-state index is 11.6. The Kier molecular flexibility index (Phi) is 4.83. The summed E-state index contributed by atoms with van der Waals surface area (Å²) in [7, 11) is 1.60. The summed E-state index contributed by atoms with van der Waals surface area (Å²) in [6.07, 6.45) is -2.53. The Labute approximate surface area is 167 Å². The second-order valence-electron chi connectivity index (χ2n) is 6.91. The van der Waals surface area contributed by atoms with Crippen LogP contribution in [0.4, 0.5) is 4.79 Å². The van der Waals surface area contributed by atoms with Gasteiger partial charge in [-0.25, -0.2) is 4.79 Å². The van der Waals surface area contributed by atoms with Gasteiger partial charge in [0.1, 0.15) is 18.0 Å². The zero-order chi connectivity index (χ0) is 20.4. The number of hydrogen-bond acceptors (Lipinski definition) is 5. The first-order chi connectivity index (χ1) is 14.1. The number of benzene rings is 3. The molecule has 0 saturated carbocycles. The van der Waals surface area contributed by atoms with Crippen LogP contribution in [0.5, 0.6) is 5.75 Å². The minimum Gasteiger partial charge on any atom is -0.497 e. The standard InChI is InChI=1S/C23H19NO5/c1-27-19-10-8-16-13-18(9-7-17(16)14-19)23(11-12-24,29-22(25)26)21-20(28-21)15-5-3-2-4-6-15/h2-10,13-14,20-21H,11H2,1H3,(H,25,26). The van der Waals surface area contributed by atoms with E-state index in [1.807, 2.05) is 60.7 Å². The molecule has 0 aliphatic carbocycles. The van der Waals surface area contributed by atoms with Crippen molar-refractivity contribution in [3.05, 3.63) is 77.9 Å². The Morgan fingerprint density at radius 2 is 1.86 bits per heavy atom.